The molecule has 0 bridgehead atoms. The number of halogens is 2. The molecular formula is C14H22Br2. The lowest BCUT2D eigenvalue weighted by Crippen LogP contribution is -2.49. The van der Waals surface area contributed by atoms with Crippen molar-refractivity contribution in [2.24, 2.45) is 23.7 Å². The summed E-state index contributed by atoms with van der Waals surface area (Å²) in [6.07, 6.45) is 11.8. The van der Waals surface area contributed by atoms with E-state index in [-0.39, 0.29) is 0 Å². The number of alkyl halides is 2. The summed E-state index contributed by atoms with van der Waals surface area (Å²) in [5, 5.41) is 0. The summed E-state index contributed by atoms with van der Waals surface area (Å²) in [5.74, 6) is 3.88. The smallest absolute Gasteiger partial charge is 0.0208 e. The van der Waals surface area contributed by atoms with Crippen LogP contribution < -0.4 is 0 Å². The topological polar surface area (TPSA) is 0 Å². The Kier molecular flexibility index (Phi) is 3.69. The SMILES string of the molecule is BrC1C2CCCCC2C(Br)C2CCCCC12. The van der Waals surface area contributed by atoms with Crippen molar-refractivity contribution >= 4 is 31.9 Å². The maximum Gasteiger partial charge on any atom is 0.0208 e. The third-order valence-electron chi connectivity index (χ3n) is 5.39. The maximum atomic E-state index is 4.08. The lowest BCUT2D eigenvalue weighted by Gasteiger charge is -2.52. The van der Waals surface area contributed by atoms with Crippen LogP contribution in [0.15, 0.2) is 0 Å². The Bertz CT molecular complexity index is 203. The van der Waals surface area contributed by atoms with Gasteiger partial charge in [0.2, 0.25) is 0 Å². The van der Waals surface area contributed by atoms with Gasteiger partial charge in [0.1, 0.15) is 0 Å². The molecule has 0 aliphatic heterocycles. The lowest BCUT2D eigenvalue weighted by atomic mass is 9.60. The van der Waals surface area contributed by atoms with Crippen LogP contribution in [-0.4, -0.2) is 9.65 Å². The van der Waals surface area contributed by atoms with Gasteiger partial charge in [-0.15, -0.1) is 0 Å². The number of hydrogen-bond donors (Lipinski definition) is 0. The first kappa shape index (κ1) is 12.0. The molecule has 92 valence electrons. The molecule has 3 saturated carbocycles. The van der Waals surface area contributed by atoms with E-state index in [0.29, 0.717) is 0 Å². The monoisotopic (exact) mass is 348 g/mol. The largest absolute Gasteiger partial charge is 0.0884 e. The number of fused-ring (bicyclic) bond motifs is 2. The van der Waals surface area contributed by atoms with E-state index >= 15 is 0 Å². The molecule has 16 heavy (non-hydrogen) atoms. The second kappa shape index (κ2) is 4.91. The lowest BCUT2D eigenvalue weighted by molar-refractivity contribution is 0.0724. The highest BCUT2D eigenvalue weighted by Gasteiger charge is 2.49. The second-order valence-electron chi connectivity index (χ2n) is 6.11. The van der Waals surface area contributed by atoms with E-state index in [1.54, 1.807) is 0 Å². The Balaban J connectivity index is 1.83. The van der Waals surface area contributed by atoms with E-state index in [1.165, 1.54) is 51.4 Å². The standard InChI is InChI=1S/C14H22Br2/c15-13-9-5-1-2-6-10(9)14(16)12-8-4-3-7-11(12)13/h9-14H,1-8H2. The Hall–Kier alpha value is 0.960. The van der Waals surface area contributed by atoms with Gasteiger partial charge in [0.15, 0.2) is 0 Å². The Morgan fingerprint density at radius 2 is 0.750 bits per heavy atom. The summed E-state index contributed by atoms with van der Waals surface area (Å²) >= 11 is 8.16. The van der Waals surface area contributed by atoms with Crippen LogP contribution in [0.4, 0.5) is 0 Å². The van der Waals surface area contributed by atoms with Crippen LogP contribution in [0.1, 0.15) is 51.4 Å². The van der Waals surface area contributed by atoms with Crippen LogP contribution in [0.3, 0.4) is 0 Å². The summed E-state index contributed by atoms with van der Waals surface area (Å²) in [5.41, 5.74) is 0. The van der Waals surface area contributed by atoms with Crippen LogP contribution in [0.5, 0.6) is 0 Å². The molecular weight excluding hydrogens is 328 g/mol. The van der Waals surface area contributed by atoms with Crippen molar-refractivity contribution in [3.8, 4) is 0 Å². The van der Waals surface area contributed by atoms with Gasteiger partial charge < -0.3 is 0 Å². The molecule has 0 amide bonds. The van der Waals surface area contributed by atoms with Gasteiger partial charge in [0.25, 0.3) is 0 Å². The zero-order chi connectivity index (χ0) is 11.1. The van der Waals surface area contributed by atoms with Crippen molar-refractivity contribution in [3.63, 3.8) is 0 Å². The molecule has 0 saturated heterocycles. The van der Waals surface area contributed by atoms with Gasteiger partial charge in [0.05, 0.1) is 0 Å². The molecule has 4 atom stereocenters. The quantitative estimate of drug-likeness (QED) is 0.531. The summed E-state index contributed by atoms with van der Waals surface area (Å²) in [6.45, 7) is 0. The minimum Gasteiger partial charge on any atom is -0.0884 e. The fourth-order valence-corrected chi connectivity index (χ4v) is 7.22. The van der Waals surface area contributed by atoms with Gasteiger partial charge in [-0.2, -0.15) is 0 Å². The van der Waals surface area contributed by atoms with Crippen LogP contribution in [0, 0.1) is 23.7 Å². The van der Waals surface area contributed by atoms with Gasteiger partial charge in [-0.25, -0.2) is 0 Å². The molecule has 0 radical (unpaired) electrons. The molecule has 0 aromatic carbocycles. The van der Waals surface area contributed by atoms with E-state index in [2.05, 4.69) is 31.9 Å². The second-order valence-corrected chi connectivity index (χ2v) is 8.23. The van der Waals surface area contributed by atoms with Gasteiger partial charge in [-0.05, 0) is 49.4 Å². The molecule has 3 aliphatic rings. The van der Waals surface area contributed by atoms with Gasteiger partial charge in [-0.1, -0.05) is 57.5 Å². The molecule has 3 fully saturated rings. The average Bonchev–Trinajstić information content (AvgIpc) is 2.36. The van der Waals surface area contributed by atoms with Crippen molar-refractivity contribution in [1.82, 2.24) is 0 Å². The summed E-state index contributed by atoms with van der Waals surface area (Å²) < 4.78 is 0. The van der Waals surface area contributed by atoms with E-state index in [1.807, 2.05) is 0 Å². The fourth-order valence-electron chi connectivity index (χ4n) is 4.59. The van der Waals surface area contributed by atoms with Crippen LogP contribution in [-0.2, 0) is 0 Å². The van der Waals surface area contributed by atoms with E-state index in [9.17, 15) is 0 Å². The zero-order valence-electron chi connectivity index (χ0n) is 9.88. The van der Waals surface area contributed by atoms with Crippen molar-refractivity contribution in [1.29, 1.82) is 0 Å². The van der Waals surface area contributed by atoms with Gasteiger partial charge in [0, 0.05) is 9.65 Å². The van der Waals surface area contributed by atoms with E-state index < -0.39 is 0 Å². The Morgan fingerprint density at radius 1 is 0.500 bits per heavy atom. The molecule has 4 unspecified atom stereocenters. The van der Waals surface area contributed by atoms with Crippen molar-refractivity contribution in [2.75, 3.05) is 0 Å². The third-order valence-corrected chi connectivity index (χ3v) is 8.10. The maximum absolute atomic E-state index is 4.08. The Morgan fingerprint density at radius 3 is 1.00 bits per heavy atom. The van der Waals surface area contributed by atoms with Crippen LogP contribution in [0.25, 0.3) is 0 Å². The molecule has 0 heterocycles. The van der Waals surface area contributed by atoms with Gasteiger partial charge in [-0.3, -0.25) is 0 Å². The van der Waals surface area contributed by atoms with E-state index in [0.717, 1.165) is 33.3 Å². The minimum absolute atomic E-state index is 0.830. The zero-order valence-corrected chi connectivity index (χ0v) is 13.0. The average molecular weight is 350 g/mol. The third kappa shape index (κ3) is 1.92. The van der Waals surface area contributed by atoms with Crippen molar-refractivity contribution in [3.05, 3.63) is 0 Å². The molecule has 0 spiro atoms. The highest BCUT2D eigenvalue weighted by atomic mass is 79.9. The predicted octanol–water partition coefficient (Wildman–Crippen LogP) is 5.14. The molecule has 0 nitrogen and oxygen atoms in total. The first-order valence-corrected chi connectivity index (χ1v) is 8.90. The predicted molar refractivity (Wildman–Crippen MR) is 76.3 cm³/mol. The number of rotatable bonds is 0. The Labute approximate surface area is 116 Å². The minimum atomic E-state index is 0.830. The van der Waals surface area contributed by atoms with Crippen molar-refractivity contribution < 1.29 is 0 Å². The fraction of sp³-hybridized carbons (Fsp3) is 1.00. The summed E-state index contributed by atoms with van der Waals surface area (Å²) in [7, 11) is 0. The molecule has 3 aliphatic carbocycles. The summed E-state index contributed by atoms with van der Waals surface area (Å²) in [6, 6.07) is 0. The van der Waals surface area contributed by atoms with Gasteiger partial charge >= 0.3 is 0 Å². The first-order chi connectivity index (χ1) is 7.79. The molecule has 0 aromatic rings. The number of hydrogen-bond acceptors (Lipinski definition) is 0. The van der Waals surface area contributed by atoms with Crippen LogP contribution in [0.2, 0.25) is 0 Å². The molecule has 0 aromatic heterocycles. The van der Waals surface area contributed by atoms with Crippen molar-refractivity contribution in [2.45, 2.75) is 61.0 Å². The van der Waals surface area contributed by atoms with E-state index in [4.69, 9.17) is 0 Å². The molecule has 2 heteroatoms. The normalized spacial score (nSPS) is 52.9. The first-order valence-electron chi connectivity index (χ1n) is 7.07. The molecule has 0 N–H and O–H groups in total. The molecule has 3 rings (SSSR count). The highest BCUT2D eigenvalue weighted by molar-refractivity contribution is 9.10. The highest BCUT2D eigenvalue weighted by Crippen LogP contribution is 2.54. The van der Waals surface area contributed by atoms with Crippen LogP contribution >= 0.6 is 31.9 Å². The summed E-state index contributed by atoms with van der Waals surface area (Å²) in [4.78, 5) is 1.66.